The summed E-state index contributed by atoms with van der Waals surface area (Å²) in [6, 6.07) is 6.38. The third-order valence-electron chi connectivity index (χ3n) is 3.12. The van der Waals surface area contributed by atoms with Crippen LogP contribution < -0.4 is 0 Å². The first-order valence-electron chi connectivity index (χ1n) is 6.83. The molecule has 0 radical (unpaired) electrons. The first-order valence-corrected chi connectivity index (χ1v) is 7.71. The van der Waals surface area contributed by atoms with Crippen molar-refractivity contribution in [1.29, 1.82) is 0 Å². The van der Waals surface area contributed by atoms with E-state index in [1.807, 2.05) is 11.6 Å². The van der Waals surface area contributed by atoms with Crippen LogP contribution in [0.1, 0.15) is 11.4 Å². The highest BCUT2D eigenvalue weighted by atomic mass is 32.1. The lowest BCUT2D eigenvalue weighted by atomic mass is 10.2. The fourth-order valence-corrected chi connectivity index (χ4v) is 2.90. The van der Waals surface area contributed by atoms with Crippen molar-refractivity contribution in [3.63, 3.8) is 0 Å². The number of benzene rings is 1. The standard InChI is InChI=1S/C15H15FN4OS/c1-21-9-14-8-20(19-18-14)7-6-13-10-22-15(17-13)11-2-4-12(16)5-3-11/h2-5,8,10H,6-7,9H2,1H3. The Balaban J connectivity index is 1.62. The number of methoxy groups -OCH3 is 1. The molecule has 0 amide bonds. The molecule has 3 rings (SSSR count). The van der Waals surface area contributed by atoms with Gasteiger partial charge in [-0.15, -0.1) is 16.4 Å². The normalized spacial score (nSPS) is 11.0. The number of thiazole rings is 1. The Kier molecular flexibility index (Phi) is 4.55. The second-order valence-electron chi connectivity index (χ2n) is 4.81. The minimum atomic E-state index is -0.237. The van der Waals surface area contributed by atoms with E-state index in [4.69, 9.17) is 4.74 Å². The van der Waals surface area contributed by atoms with Crippen molar-refractivity contribution in [2.75, 3.05) is 7.11 Å². The molecule has 1 aromatic carbocycles. The lowest BCUT2D eigenvalue weighted by Gasteiger charge is -1.98. The van der Waals surface area contributed by atoms with E-state index < -0.39 is 0 Å². The molecule has 0 aliphatic heterocycles. The van der Waals surface area contributed by atoms with E-state index in [1.165, 1.54) is 12.1 Å². The molecule has 0 fully saturated rings. The highest BCUT2D eigenvalue weighted by Crippen LogP contribution is 2.24. The van der Waals surface area contributed by atoms with Crippen molar-refractivity contribution in [3.05, 3.63) is 53.0 Å². The molecule has 0 saturated heterocycles. The molecule has 0 aliphatic rings. The van der Waals surface area contributed by atoms with E-state index in [0.717, 1.165) is 28.4 Å². The Labute approximate surface area is 131 Å². The number of halogens is 1. The van der Waals surface area contributed by atoms with E-state index >= 15 is 0 Å². The highest BCUT2D eigenvalue weighted by molar-refractivity contribution is 7.13. The molecule has 0 saturated carbocycles. The predicted molar refractivity (Wildman–Crippen MR) is 81.9 cm³/mol. The minimum absolute atomic E-state index is 0.237. The number of aryl methyl sites for hydroxylation is 2. The monoisotopic (exact) mass is 318 g/mol. The molecule has 0 unspecified atom stereocenters. The lowest BCUT2D eigenvalue weighted by Crippen LogP contribution is -2.02. The zero-order chi connectivity index (χ0) is 15.4. The van der Waals surface area contributed by atoms with Crippen molar-refractivity contribution >= 4 is 11.3 Å². The number of rotatable bonds is 6. The molecule has 2 aromatic heterocycles. The van der Waals surface area contributed by atoms with Gasteiger partial charge in [0.05, 0.1) is 18.5 Å². The Morgan fingerprint density at radius 3 is 2.82 bits per heavy atom. The van der Waals surface area contributed by atoms with Crippen LogP contribution in [0.2, 0.25) is 0 Å². The van der Waals surface area contributed by atoms with Gasteiger partial charge in [-0.25, -0.2) is 9.37 Å². The summed E-state index contributed by atoms with van der Waals surface area (Å²) < 4.78 is 19.7. The maximum absolute atomic E-state index is 12.9. The van der Waals surface area contributed by atoms with Gasteiger partial charge >= 0.3 is 0 Å². The summed E-state index contributed by atoms with van der Waals surface area (Å²) in [6.07, 6.45) is 2.64. The van der Waals surface area contributed by atoms with Gasteiger partial charge in [0.15, 0.2) is 0 Å². The van der Waals surface area contributed by atoms with Crippen molar-refractivity contribution in [1.82, 2.24) is 20.0 Å². The topological polar surface area (TPSA) is 52.8 Å². The average Bonchev–Trinajstić information content (AvgIpc) is 3.16. The van der Waals surface area contributed by atoms with Gasteiger partial charge in [0, 0.05) is 31.0 Å². The lowest BCUT2D eigenvalue weighted by molar-refractivity contribution is 0.181. The summed E-state index contributed by atoms with van der Waals surface area (Å²) in [7, 11) is 1.63. The van der Waals surface area contributed by atoms with Crippen LogP contribution in [0.3, 0.4) is 0 Å². The summed E-state index contributed by atoms with van der Waals surface area (Å²) in [5.41, 5.74) is 2.74. The molecule has 5 nitrogen and oxygen atoms in total. The zero-order valence-electron chi connectivity index (χ0n) is 12.1. The van der Waals surface area contributed by atoms with E-state index in [1.54, 1.807) is 35.3 Å². The third-order valence-corrected chi connectivity index (χ3v) is 4.06. The van der Waals surface area contributed by atoms with Crippen LogP contribution in [0.15, 0.2) is 35.8 Å². The van der Waals surface area contributed by atoms with E-state index in [-0.39, 0.29) is 5.82 Å². The molecular weight excluding hydrogens is 303 g/mol. The van der Waals surface area contributed by atoms with Crippen LogP contribution in [0.5, 0.6) is 0 Å². The van der Waals surface area contributed by atoms with Crippen LogP contribution in [0.4, 0.5) is 4.39 Å². The Bertz CT molecular complexity index is 738. The summed E-state index contributed by atoms with van der Waals surface area (Å²) in [6.45, 7) is 1.18. The van der Waals surface area contributed by atoms with Gasteiger partial charge in [0.1, 0.15) is 16.5 Å². The van der Waals surface area contributed by atoms with Crippen molar-refractivity contribution in [2.24, 2.45) is 0 Å². The van der Waals surface area contributed by atoms with Gasteiger partial charge in [0.2, 0.25) is 0 Å². The van der Waals surface area contributed by atoms with Gasteiger partial charge in [-0.1, -0.05) is 5.21 Å². The Morgan fingerprint density at radius 1 is 1.23 bits per heavy atom. The Hall–Kier alpha value is -2.12. The van der Waals surface area contributed by atoms with Crippen molar-refractivity contribution < 1.29 is 9.13 Å². The fraction of sp³-hybridized carbons (Fsp3) is 0.267. The summed E-state index contributed by atoms with van der Waals surface area (Å²) in [5, 5.41) is 11.0. The summed E-state index contributed by atoms with van der Waals surface area (Å²) in [5.74, 6) is -0.237. The predicted octanol–water partition coefficient (Wildman–Crippen LogP) is 2.93. The van der Waals surface area contributed by atoms with Gasteiger partial charge in [-0.05, 0) is 24.3 Å². The van der Waals surface area contributed by atoms with Crippen LogP contribution in [-0.2, 0) is 24.3 Å². The molecule has 0 bridgehead atoms. The summed E-state index contributed by atoms with van der Waals surface area (Å²) in [4.78, 5) is 4.58. The largest absolute Gasteiger partial charge is 0.378 e. The molecule has 0 atom stereocenters. The van der Waals surface area contributed by atoms with E-state index in [0.29, 0.717) is 13.2 Å². The molecule has 0 aliphatic carbocycles. The third kappa shape index (κ3) is 3.55. The summed E-state index contributed by atoms with van der Waals surface area (Å²) >= 11 is 1.56. The van der Waals surface area contributed by atoms with Gasteiger partial charge in [-0.3, -0.25) is 4.68 Å². The smallest absolute Gasteiger partial charge is 0.123 e. The maximum Gasteiger partial charge on any atom is 0.123 e. The molecule has 3 aromatic rings. The molecule has 114 valence electrons. The first kappa shape index (κ1) is 14.8. The number of hydrogen-bond acceptors (Lipinski definition) is 5. The molecule has 0 N–H and O–H groups in total. The number of aromatic nitrogens is 4. The van der Waals surface area contributed by atoms with Crippen molar-refractivity contribution in [2.45, 2.75) is 19.6 Å². The van der Waals surface area contributed by atoms with Gasteiger partial charge in [-0.2, -0.15) is 0 Å². The first-order chi connectivity index (χ1) is 10.7. The SMILES string of the molecule is COCc1cn(CCc2csc(-c3ccc(F)cc3)n2)nn1. The van der Waals surface area contributed by atoms with Crippen LogP contribution in [0.25, 0.3) is 10.6 Å². The number of ether oxygens (including phenoxy) is 1. The maximum atomic E-state index is 12.9. The van der Waals surface area contributed by atoms with Crippen molar-refractivity contribution in [3.8, 4) is 10.6 Å². The number of hydrogen-bond donors (Lipinski definition) is 0. The van der Waals surface area contributed by atoms with Crippen LogP contribution >= 0.6 is 11.3 Å². The molecular formula is C15H15FN4OS. The highest BCUT2D eigenvalue weighted by Gasteiger charge is 2.06. The van der Waals surface area contributed by atoms with Crippen LogP contribution in [-0.4, -0.2) is 27.1 Å². The fourth-order valence-electron chi connectivity index (χ4n) is 2.04. The molecule has 0 spiro atoms. The van der Waals surface area contributed by atoms with E-state index in [9.17, 15) is 4.39 Å². The molecule has 2 heterocycles. The Morgan fingerprint density at radius 2 is 2.05 bits per heavy atom. The van der Waals surface area contributed by atoms with Crippen LogP contribution in [0, 0.1) is 5.82 Å². The average molecular weight is 318 g/mol. The quantitative estimate of drug-likeness (QED) is 0.701. The zero-order valence-corrected chi connectivity index (χ0v) is 12.9. The second kappa shape index (κ2) is 6.76. The minimum Gasteiger partial charge on any atom is -0.378 e. The van der Waals surface area contributed by atoms with Gasteiger partial charge < -0.3 is 4.74 Å². The second-order valence-corrected chi connectivity index (χ2v) is 5.66. The van der Waals surface area contributed by atoms with Gasteiger partial charge in [0.25, 0.3) is 0 Å². The van der Waals surface area contributed by atoms with E-state index in [2.05, 4.69) is 15.3 Å². The molecule has 22 heavy (non-hydrogen) atoms. The number of nitrogens with zero attached hydrogens (tertiary/aromatic N) is 4. The molecule has 7 heteroatoms.